The van der Waals surface area contributed by atoms with Crippen molar-refractivity contribution in [2.24, 2.45) is 4.99 Å². The first-order valence-electron chi connectivity index (χ1n) is 9.99. The third-order valence-electron chi connectivity index (χ3n) is 5.02. The maximum absolute atomic E-state index is 11.9. The summed E-state index contributed by atoms with van der Waals surface area (Å²) in [5.41, 5.74) is 2.96. The van der Waals surface area contributed by atoms with E-state index in [2.05, 4.69) is 15.6 Å². The van der Waals surface area contributed by atoms with Crippen molar-refractivity contribution < 1.29 is 14.3 Å². The quantitative estimate of drug-likeness (QED) is 0.363. The lowest BCUT2D eigenvalue weighted by Crippen LogP contribution is -2.30. The number of carbonyl (C=O) groups is 1. The third-order valence-corrected chi connectivity index (χ3v) is 5.02. The maximum atomic E-state index is 11.9. The molecule has 7 nitrogen and oxygen atoms in total. The lowest BCUT2D eigenvalue weighted by Gasteiger charge is -2.17. The van der Waals surface area contributed by atoms with Crippen molar-refractivity contribution in [3.63, 3.8) is 0 Å². The maximum Gasteiger partial charge on any atom is 0.227 e. The molecule has 0 aliphatic carbocycles. The molecule has 1 fully saturated rings. The van der Waals surface area contributed by atoms with Crippen molar-refractivity contribution in [2.75, 3.05) is 37.0 Å². The zero-order valence-electron chi connectivity index (χ0n) is 17.0. The summed E-state index contributed by atoms with van der Waals surface area (Å²) >= 11 is 0. The van der Waals surface area contributed by atoms with Gasteiger partial charge in [0.25, 0.3) is 0 Å². The van der Waals surface area contributed by atoms with Gasteiger partial charge in [0.05, 0.1) is 13.2 Å². The number of nitrogens with one attached hydrogen (secondary N) is 2. The van der Waals surface area contributed by atoms with E-state index in [4.69, 9.17) is 9.47 Å². The number of fused-ring (bicyclic) bond motifs is 1. The van der Waals surface area contributed by atoms with E-state index in [0.717, 1.165) is 47.8 Å². The van der Waals surface area contributed by atoms with Crippen molar-refractivity contribution in [1.82, 2.24) is 5.32 Å². The Morgan fingerprint density at radius 2 is 1.83 bits per heavy atom. The molecule has 0 spiro atoms. The van der Waals surface area contributed by atoms with Crippen LogP contribution in [0.4, 0.5) is 11.4 Å². The van der Waals surface area contributed by atoms with Gasteiger partial charge in [0.1, 0.15) is 0 Å². The van der Waals surface area contributed by atoms with Gasteiger partial charge in [0.2, 0.25) is 5.91 Å². The molecule has 0 unspecified atom stereocenters. The number of benzene rings is 2. The molecule has 2 aromatic carbocycles. The Morgan fingerprint density at radius 1 is 1.07 bits per heavy atom. The molecule has 4 rings (SSSR count). The van der Waals surface area contributed by atoms with Gasteiger partial charge in [-0.2, -0.15) is 0 Å². The van der Waals surface area contributed by atoms with Crippen molar-refractivity contribution in [1.29, 1.82) is 0 Å². The second-order valence-electron chi connectivity index (χ2n) is 7.08. The minimum absolute atomic E-state index is 0. The van der Waals surface area contributed by atoms with Gasteiger partial charge in [-0.15, -0.1) is 24.0 Å². The van der Waals surface area contributed by atoms with Crippen LogP contribution in [-0.4, -0.2) is 38.7 Å². The third kappa shape index (κ3) is 5.35. The highest BCUT2D eigenvalue weighted by molar-refractivity contribution is 14.0. The summed E-state index contributed by atoms with van der Waals surface area (Å²) in [5.74, 6) is 2.39. The summed E-state index contributed by atoms with van der Waals surface area (Å²) in [6.45, 7) is 2.76. The van der Waals surface area contributed by atoms with Crippen LogP contribution in [0.2, 0.25) is 0 Å². The van der Waals surface area contributed by atoms with E-state index in [1.807, 2.05) is 47.4 Å². The first-order valence-corrected chi connectivity index (χ1v) is 9.99. The zero-order chi connectivity index (χ0) is 20.1. The molecule has 2 aliphatic heterocycles. The zero-order valence-corrected chi connectivity index (χ0v) is 19.3. The van der Waals surface area contributed by atoms with Gasteiger partial charge in [0, 0.05) is 50.4 Å². The molecule has 1 amide bonds. The topological polar surface area (TPSA) is 75.2 Å². The average molecular weight is 522 g/mol. The molecule has 1 saturated heterocycles. The number of aliphatic imine (C=N–C) groups is 1. The Labute approximate surface area is 193 Å². The van der Waals surface area contributed by atoms with Crippen LogP contribution in [0.1, 0.15) is 24.8 Å². The van der Waals surface area contributed by atoms with E-state index < -0.39 is 0 Å². The summed E-state index contributed by atoms with van der Waals surface area (Å²) in [6, 6.07) is 13.9. The van der Waals surface area contributed by atoms with Gasteiger partial charge >= 0.3 is 0 Å². The number of anilines is 2. The predicted octanol–water partition coefficient (Wildman–Crippen LogP) is 3.78. The molecule has 0 saturated carbocycles. The van der Waals surface area contributed by atoms with Gasteiger partial charge in [-0.1, -0.05) is 12.1 Å². The second kappa shape index (κ2) is 10.5. The highest BCUT2D eigenvalue weighted by Gasteiger charge is 2.21. The monoisotopic (exact) mass is 522 g/mol. The first kappa shape index (κ1) is 22.2. The first-order chi connectivity index (χ1) is 14.2. The van der Waals surface area contributed by atoms with Crippen LogP contribution >= 0.6 is 24.0 Å². The summed E-state index contributed by atoms with van der Waals surface area (Å²) in [5, 5.41) is 6.59. The smallest absolute Gasteiger partial charge is 0.227 e. The van der Waals surface area contributed by atoms with Crippen LogP contribution in [0.3, 0.4) is 0 Å². The van der Waals surface area contributed by atoms with Crippen LogP contribution in [0.5, 0.6) is 11.5 Å². The van der Waals surface area contributed by atoms with E-state index in [0.29, 0.717) is 32.1 Å². The van der Waals surface area contributed by atoms with Crippen LogP contribution in [-0.2, 0) is 11.3 Å². The number of nitrogens with zero attached hydrogens (tertiary/aromatic N) is 2. The van der Waals surface area contributed by atoms with Gasteiger partial charge < -0.3 is 25.0 Å². The SMILES string of the molecule is CN=C(NCc1ccc(N2CCCC2=O)cc1)Nc1ccc2c(c1)OCCCO2.I. The fraction of sp³-hybridized carbons (Fsp3) is 0.364. The molecule has 160 valence electrons. The lowest BCUT2D eigenvalue weighted by atomic mass is 10.2. The summed E-state index contributed by atoms with van der Waals surface area (Å²) in [4.78, 5) is 18.0. The molecule has 2 aromatic rings. The van der Waals surface area contributed by atoms with E-state index in [1.54, 1.807) is 7.05 Å². The van der Waals surface area contributed by atoms with E-state index >= 15 is 0 Å². The van der Waals surface area contributed by atoms with Crippen LogP contribution < -0.4 is 25.0 Å². The Hall–Kier alpha value is -2.49. The Bertz CT molecular complexity index is 902. The summed E-state index contributed by atoms with van der Waals surface area (Å²) in [7, 11) is 1.74. The molecular weight excluding hydrogens is 495 g/mol. The van der Waals surface area contributed by atoms with Crippen LogP contribution in [0.25, 0.3) is 0 Å². The van der Waals surface area contributed by atoms with Gasteiger partial charge in [-0.3, -0.25) is 9.79 Å². The minimum atomic E-state index is 0. The van der Waals surface area contributed by atoms with Gasteiger partial charge in [0.15, 0.2) is 17.5 Å². The molecular formula is C22H27IN4O3. The molecule has 0 atom stereocenters. The van der Waals surface area contributed by atoms with Crippen molar-refractivity contribution in [3.8, 4) is 11.5 Å². The number of guanidine groups is 1. The van der Waals surface area contributed by atoms with E-state index in [9.17, 15) is 4.79 Å². The molecule has 2 N–H and O–H groups in total. The molecule has 0 radical (unpaired) electrons. The van der Waals surface area contributed by atoms with Crippen molar-refractivity contribution >= 4 is 47.2 Å². The predicted molar refractivity (Wildman–Crippen MR) is 129 cm³/mol. The summed E-state index contributed by atoms with van der Waals surface area (Å²) < 4.78 is 11.4. The minimum Gasteiger partial charge on any atom is -0.490 e. The Kier molecular flexibility index (Phi) is 7.78. The standard InChI is InChI=1S/C22H26N4O3.HI/c1-23-22(25-17-7-10-19-20(14-17)29-13-3-12-28-19)24-15-16-5-8-18(9-6-16)26-11-2-4-21(26)27;/h5-10,14H,2-4,11-13,15H2,1H3,(H2,23,24,25);1H. The molecule has 8 heteroatoms. The van der Waals surface area contributed by atoms with Gasteiger partial charge in [-0.05, 0) is 36.2 Å². The molecule has 30 heavy (non-hydrogen) atoms. The molecule has 0 aromatic heterocycles. The Morgan fingerprint density at radius 3 is 2.53 bits per heavy atom. The van der Waals surface area contributed by atoms with Crippen molar-refractivity contribution in [3.05, 3.63) is 48.0 Å². The summed E-state index contributed by atoms with van der Waals surface area (Å²) in [6.07, 6.45) is 2.46. The lowest BCUT2D eigenvalue weighted by molar-refractivity contribution is -0.117. The molecule has 2 heterocycles. The van der Waals surface area contributed by atoms with E-state index in [1.165, 1.54) is 0 Å². The average Bonchev–Trinajstić information content (AvgIpc) is 3.04. The van der Waals surface area contributed by atoms with E-state index in [-0.39, 0.29) is 29.9 Å². The Balaban J connectivity index is 0.00000256. The number of hydrogen-bond acceptors (Lipinski definition) is 4. The van der Waals surface area contributed by atoms with Gasteiger partial charge in [-0.25, -0.2) is 0 Å². The largest absolute Gasteiger partial charge is 0.490 e. The van der Waals surface area contributed by atoms with Crippen LogP contribution in [0.15, 0.2) is 47.5 Å². The second-order valence-corrected chi connectivity index (χ2v) is 7.08. The molecule has 0 bridgehead atoms. The number of halogens is 1. The number of carbonyl (C=O) groups excluding carboxylic acids is 1. The van der Waals surface area contributed by atoms with Crippen molar-refractivity contribution in [2.45, 2.75) is 25.8 Å². The number of amides is 1. The fourth-order valence-corrected chi connectivity index (χ4v) is 3.46. The highest BCUT2D eigenvalue weighted by Crippen LogP contribution is 2.32. The number of hydrogen-bond donors (Lipinski definition) is 2. The highest BCUT2D eigenvalue weighted by atomic mass is 127. The normalized spacial score (nSPS) is 16.0. The number of ether oxygens (including phenoxy) is 2. The van der Waals surface area contributed by atoms with Crippen LogP contribution in [0, 0.1) is 0 Å². The number of rotatable bonds is 4. The fourth-order valence-electron chi connectivity index (χ4n) is 3.46. The molecule has 2 aliphatic rings.